The number of likely N-dealkylation sites (tertiary alicyclic amines) is 1. The maximum Gasteiger partial charge on any atom is 0.316 e. The fourth-order valence-electron chi connectivity index (χ4n) is 4.06. The summed E-state index contributed by atoms with van der Waals surface area (Å²) < 4.78 is 47.0. The van der Waals surface area contributed by atoms with Gasteiger partial charge in [-0.3, -0.25) is 4.79 Å². The fraction of sp³-hybridized carbons (Fsp3) is 0.381. The second-order valence-corrected chi connectivity index (χ2v) is 11.0. The Balaban J connectivity index is 1.28. The number of aromatic nitrogens is 2. The van der Waals surface area contributed by atoms with E-state index in [0.717, 1.165) is 24.2 Å². The van der Waals surface area contributed by atoms with Crippen LogP contribution in [-0.4, -0.2) is 72.9 Å². The van der Waals surface area contributed by atoms with Crippen molar-refractivity contribution in [2.45, 2.75) is 17.1 Å². The number of rotatable bonds is 5. The van der Waals surface area contributed by atoms with Crippen LogP contribution in [0.3, 0.4) is 0 Å². The molecule has 0 spiro atoms. The molecule has 2 aliphatic rings. The molecule has 12 heteroatoms. The van der Waals surface area contributed by atoms with Crippen LogP contribution in [0.1, 0.15) is 23.5 Å². The minimum Gasteiger partial charge on any atom is -0.367 e. The Hall–Kier alpha value is -2.83. The van der Waals surface area contributed by atoms with Crippen LogP contribution in [0.4, 0.5) is 10.1 Å². The van der Waals surface area contributed by atoms with E-state index in [-0.39, 0.29) is 40.7 Å². The Bertz CT molecular complexity index is 1260. The lowest BCUT2D eigenvalue weighted by Gasteiger charge is -2.35. The Morgan fingerprint density at radius 1 is 1.06 bits per heavy atom. The van der Waals surface area contributed by atoms with Gasteiger partial charge in [0.1, 0.15) is 10.0 Å². The summed E-state index contributed by atoms with van der Waals surface area (Å²) >= 11 is 1.07. The topological polar surface area (TPSA) is 99.8 Å². The van der Waals surface area contributed by atoms with Gasteiger partial charge >= 0.3 is 11.8 Å². The molecule has 2 aliphatic heterocycles. The summed E-state index contributed by atoms with van der Waals surface area (Å²) in [4.78, 5) is 20.1. The zero-order valence-electron chi connectivity index (χ0n) is 17.7. The van der Waals surface area contributed by atoms with E-state index in [2.05, 4.69) is 10.1 Å². The first-order valence-electron chi connectivity index (χ1n) is 10.6. The zero-order valence-corrected chi connectivity index (χ0v) is 19.3. The highest BCUT2D eigenvalue weighted by atomic mass is 32.2. The van der Waals surface area contributed by atoms with Crippen molar-refractivity contribution in [3.05, 3.63) is 47.4 Å². The van der Waals surface area contributed by atoms with E-state index >= 15 is 0 Å². The summed E-state index contributed by atoms with van der Waals surface area (Å²) in [6.45, 7) is 2.63. The Labute approximate surface area is 194 Å². The molecule has 0 unspecified atom stereocenters. The Morgan fingerprint density at radius 3 is 2.52 bits per heavy atom. The number of sulfonamides is 1. The summed E-state index contributed by atoms with van der Waals surface area (Å²) in [6, 6.07) is 7.98. The van der Waals surface area contributed by atoms with Gasteiger partial charge in [0.15, 0.2) is 0 Å². The van der Waals surface area contributed by atoms with Crippen molar-refractivity contribution in [3.8, 4) is 11.4 Å². The van der Waals surface area contributed by atoms with Crippen molar-refractivity contribution in [1.82, 2.24) is 19.3 Å². The van der Waals surface area contributed by atoms with Gasteiger partial charge in [0, 0.05) is 50.2 Å². The van der Waals surface area contributed by atoms with Crippen molar-refractivity contribution < 1.29 is 22.1 Å². The molecule has 1 amide bonds. The molecule has 174 valence electrons. The standard InChI is InChI=1S/C21H22FN5O4S2/c22-16-5-1-2-6-17(16)25-9-11-27(12-10-25)33(29,30)18-13-15(14-32-18)19-23-20(31-24-19)21(28)26-7-3-4-8-26/h1-2,5-6,13-14H,3-4,7-12H2. The molecule has 33 heavy (non-hydrogen) atoms. The number of hydrogen-bond acceptors (Lipinski definition) is 8. The summed E-state index contributed by atoms with van der Waals surface area (Å²) in [5.41, 5.74) is 0.956. The number of amides is 1. The monoisotopic (exact) mass is 491 g/mol. The van der Waals surface area contributed by atoms with Crippen LogP contribution in [0.25, 0.3) is 11.4 Å². The van der Waals surface area contributed by atoms with Crippen LogP contribution in [0, 0.1) is 5.82 Å². The number of anilines is 1. The number of carbonyl (C=O) groups is 1. The molecule has 0 radical (unpaired) electrons. The smallest absolute Gasteiger partial charge is 0.316 e. The highest BCUT2D eigenvalue weighted by molar-refractivity contribution is 7.91. The first-order chi connectivity index (χ1) is 15.9. The summed E-state index contributed by atoms with van der Waals surface area (Å²) in [7, 11) is -3.72. The van der Waals surface area contributed by atoms with Gasteiger partial charge in [-0.2, -0.15) is 9.29 Å². The molecular weight excluding hydrogens is 469 g/mol. The molecule has 2 aromatic heterocycles. The number of nitrogens with zero attached hydrogens (tertiary/aromatic N) is 5. The molecule has 4 heterocycles. The number of halogens is 1. The molecule has 2 saturated heterocycles. The van der Waals surface area contributed by atoms with Gasteiger partial charge in [-0.1, -0.05) is 17.3 Å². The van der Waals surface area contributed by atoms with Crippen molar-refractivity contribution in [1.29, 1.82) is 0 Å². The number of benzene rings is 1. The van der Waals surface area contributed by atoms with Crippen molar-refractivity contribution in [2.75, 3.05) is 44.2 Å². The van der Waals surface area contributed by atoms with Crippen LogP contribution < -0.4 is 4.90 Å². The average molecular weight is 492 g/mol. The van der Waals surface area contributed by atoms with Crippen LogP contribution in [0.2, 0.25) is 0 Å². The van der Waals surface area contributed by atoms with Crippen molar-refractivity contribution in [3.63, 3.8) is 0 Å². The van der Waals surface area contributed by atoms with E-state index in [1.54, 1.807) is 28.5 Å². The van der Waals surface area contributed by atoms with Gasteiger partial charge in [0.05, 0.1) is 5.69 Å². The molecule has 0 aliphatic carbocycles. The SMILES string of the molecule is O=C(c1nc(-c2csc(S(=O)(=O)N3CCN(c4ccccc4F)CC3)c2)no1)N1CCCC1. The Morgan fingerprint density at radius 2 is 1.79 bits per heavy atom. The zero-order chi connectivity index (χ0) is 23.0. The third-order valence-corrected chi connectivity index (χ3v) is 9.18. The number of carbonyl (C=O) groups excluding carboxylic acids is 1. The molecule has 1 aromatic carbocycles. The molecule has 0 bridgehead atoms. The van der Waals surface area contributed by atoms with Crippen LogP contribution in [0.15, 0.2) is 44.4 Å². The van der Waals surface area contributed by atoms with Crippen molar-refractivity contribution in [2.24, 2.45) is 0 Å². The normalized spacial score (nSPS) is 17.6. The fourth-order valence-corrected chi connectivity index (χ4v) is 6.79. The predicted molar refractivity (Wildman–Crippen MR) is 120 cm³/mol. The predicted octanol–water partition coefficient (Wildman–Crippen LogP) is 2.68. The molecule has 2 fully saturated rings. The first kappa shape index (κ1) is 22.0. The quantitative estimate of drug-likeness (QED) is 0.541. The van der Waals surface area contributed by atoms with Gasteiger partial charge in [-0.15, -0.1) is 11.3 Å². The maximum atomic E-state index is 14.1. The molecule has 5 rings (SSSR count). The van der Waals surface area contributed by atoms with Gasteiger partial charge in [-0.05, 0) is 31.0 Å². The molecule has 0 N–H and O–H groups in total. The lowest BCUT2D eigenvalue weighted by molar-refractivity contribution is 0.0743. The molecule has 9 nitrogen and oxygen atoms in total. The van der Waals surface area contributed by atoms with Crippen LogP contribution >= 0.6 is 11.3 Å². The van der Waals surface area contributed by atoms with Crippen LogP contribution in [0.5, 0.6) is 0 Å². The lowest BCUT2D eigenvalue weighted by atomic mass is 10.2. The largest absolute Gasteiger partial charge is 0.367 e. The third-order valence-electron chi connectivity index (χ3n) is 5.86. The number of hydrogen-bond donors (Lipinski definition) is 0. The van der Waals surface area contributed by atoms with Crippen LogP contribution in [-0.2, 0) is 10.0 Å². The van der Waals surface area contributed by atoms with E-state index < -0.39 is 10.0 Å². The van der Waals surface area contributed by atoms with E-state index in [9.17, 15) is 17.6 Å². The van der Waals surface area contributed by atoms with Gasteiger partial charge in [0.25, 0.3) is 10.0 Å². The van der Waals surface area contributed by atoms with E-state index in [1.807, 2.05) is 4.90 Å². The van der Waals surface area contributed by atoms with Gasteiger partial charge in [0.2, 0.25) is 5.82 Å². The highest BCUT2D eigenvalue weighted by Crippen LogP contribution is 2.30. The van der Waals surface area contributed by atoms with E-state index in [0.29, 0.717) is 37.4 Å². The van der Waals surface area contributed by atoms with E-state index in [1.165, 1.54) is 16.4 Å². The molecule has 0 atom stereocenters. The summed E-state index contributed by atoms with van der Waals surface area (Å²) in [5.74, 6) is -0.534. The summed E-state index contributed by atoms with van der Waals surface area (Å²) in [5, 5.41) is 5.50. The first-order valence-corrected chi connectivity index (χ1v) is 13.0. The highest BCUT2D eigenvalue weighted by Gasteiger charge is 2.31. The summed E-state index contributed by atoms with van der Waals surface area (Å²) in [6.07, 6.45) is 1.90. The molecule has 0 saturated carbocycles. The van der Waals surface area contributed by atoms with Crippen molar-refractivity contribution >= 4 is 33.0 Å². The third kappa shape index (κ3) is 4.25. The second kappa shape index (κ2) is 8.84. The molecular formula is C21H22FN5O4S2. The van der Waals surface area contributed by atoms with Gasteiger partial charge < -0.3 is 14.3 Å². The average Bonchev–Trinajstić information content (AvgIpc) is 3.60. The number of piperazine rings is 1. The lowest BCUT2D eigenvalue weighted by Crippen LogP contribution is -2.48. The minimum absolute atomic E-state index is 0.0910. The number of thiophene rings is 1. The Kier molecular flexibility index (Phi) is 5.89. The van der Waals surface area contributed by atoms with E-state index in [4.69, 9.17) is 4.52 Å². The molecule has 3 aromatic rings. The maximum absolute atomic E-state index is 14.1. The van der Waals surface area contributed by atoms with Gasteiger partial charge in [-0.25, -0.2) is 12.8 Å². The number of para-hydroxylation sites is 1. The second-order valence-electron chi connectivity index (χ2n) is 7.92. The minimum atomic E-state index is -3.72.